The van der Waals surface area contributed by atoms with Crippen LogP contribution in [0.15, 0.2) is 24.3 Å². The highest BCUT2D eigenvalue weighted by Crippen LogP contribution is 2.18. The molecule has 0 spiro atoms. The van der Waals surface area contributed by atoms with Gasteiger partial charge in [0.1, 0.15) is 5.75 Å². The predicted molar refractivity (Wildman–Crippen MR) is 79.5 cm³/mol. The van der Waals surface area contributed by atoms with Crippen molar-refractivity contribution in [3.63, 3.8) is 0 Å². The van der Waals surface area contributed by atoms with Crippen LogP contribution in [0, 0.1) is 5.92 Å². The van der Waals surface area contributed by atoms with Crippen LogP contribution in [0.5, 0.6) is 5.75 Å². The summed E-state index contributed by atoms with van der Waals surface area (Å²) in [7, 11) is 2.22. The number of hydrogen-bond acceptors (Lipinski definition) is 3. The van der Waals surface area contributed by atoms with Crippen LogP contribution >= 0.6 is 0 Å². The van der Waals surface area contributed by atoms with Crippen molar-refractivity contribution in [1.82, 2.24) is 10.2 Å². The molecule has 2 atom stereocenters. The molecule has 1 aliphatic rings. The van der Waals surface area contributed by atoms with Crippen LogP contribution in [0.4, 0.5) is 0 Å². The van der Waals surface area contributed by atoms with Gasteiger partial charge in [0.15, 0.2) is 0 Å². The van der Waals surface area contributed by atoms with Crippen molar-refractivity contribution in [2.75, 3.05) is 26.7 Å². The number of aromatic hydroxyl groups is 1. The summed E-state index contributed by atoms with van der Waals surface area (Å²) in [5.41, 5.74) is 1.28. The number of piperidine rings is 1. The zero-order chi connectivity index (χ0) is 13.7. The minimum absolute atomic E-state index is 0.343. The second kappa shape index (κ2) is 6.92. The molecule has 3 nitrogen and oxygen atoms in total. The van der Waals surface area contributed by atoms with Gasteiger partial charge in [0.05, 0.1) is 0 Å². The Kier molecular flexibility index (Phi) is 5.23. The van der Waals surface area contributed by atoms with Gasteiger partial charge >= 0.3 is 0 Å². The number of nitrogens with zero attached hydrogens (tertiary/aromatic N) is 1. The summed E-state index contributed by atoms with van der Waals surface area (Å²) in [5, 5.41) is 12.9. The summed E-state index contributed by atoms with van der Waals surface area (Å²) in [6.07, 6.45) is 3.69. The lowest BCUT2D eigenvalue weighted by Gasteiger charge is -2.34. The van der Waals surface area contributed by atoms with Crippen molar-refractivity contribution in [2.24, 2.45) is 5.92 Å². The maximum Gasteiger partial charge on any atom is 0.115 e. The van der Waals surface area contributed by atoms with Gasteiger partial charge in [-0.15, -0.1) is 0 Å². The van der Waals surface area contributed by atoms with Crippen molar-refractivity contribution in [2.45, 2.75) is 32.2 Å². The molecule has 2 unspecified atom stereocenters. The van der Waals surface area contributed by atoms with E-state index in [0.717, 1.165) is 18.9 Å². The minimum Gasteiger partial charge on any atom is -0.508 e. The first-order chi connectivity index (χ1) is 9.15. The Hall–Kier alpha value is -1.06. The summed E-state index contributed by atoms with van der Waals surface area (Å²) >= 11 is 0. The summed E-state index contributed by atoms with van der Waals surface area (Å²) in [5.74, 6) is 1.12. The third-order valence-electron chi connectivity index (χ3n) is 4.18. The zero-order valence-electron chi connectivity index (χ0n) is 12.1. The lowest BCUT2D eigenvalue weighted by Crippen LogP contribution is -2.43. The van der Waals surface area contributed by atoms with E-state index in [1.165, 1.54) is 31.5 Å². The van der Waals surface area contributed by atoms with Crippen LogP contribution in [0.1, 0.15) is 25.3 Å². The van der Waals surface area contributed by atoms with Crippen molar-refractivity contribution in [1.29, 1.82) is 0 Å². The Labute approximate surface area is 116 Å². The first-order valence-corrected chi connectivity index (χ1v) is 7.35. The molecule has 2 N–H and O–H groups in total. The lowest BCUT2D eigenvalue weighted by molar-refractivity contribution is 0.179. The quantitative estimate of drug-likeness (QED) is 0.854. The SMILES string of the molecule is CC(NCCc1ccc(O)cc1)C1CCCN(C)C1. The lowest BCUT2D eigenvalue weighted by atomic mass is 9.92. The molecule has 1 saturated heterocycles. The van der Waals surface area contributed by atoms with Crippen LogP contribution in [0.25, 0.3) is 0 Å². The summed E-state index contributed by atoms with van der Waals surface area (Å²) in [6.45, 7) is 5.77. The Morgan fingerprint density at radius 3 is 2.79 bits per heavy atom. The zero-order valence-corrected chi connectivity index (χ0v) is 12.1. The molecule has 1 aliphatic heterocycles. The molecule has 0 radical (unpaired) electrons. The average molecular weight is 262 g/mol. The van der Waals surface area contributed by atoms with E-state index in [0.29, 0.717) is 11.8 Å². The van der Waals surface area contributed by atoms with E-state index in [1.54, 1.807) is 12.1 Å². The van der Waals surface area contributed by atoms with Gasteiger partial charge in [-0.2, -0.15) is 0 Å². The van der Waals surface area contributed by atoms with E-state index in [4.69, 9.17) is 0 Å². The molecule has 2 rings (SSSR count). The average Bonchev–Trinajstić information content (AvgIpc) is 2.41. The summed E-state index contributed by atoms with van der Waals surface area (Å²) in [4.78, 5) is 2.44. The van der Waals surface area contributed by atoms with Gasteiger partial charge in [-0.3, -0.25) is 0 Å². The molecular weight excluding hydrogens is 236 g/mol. The number of benzene rings is 1. The van der Waals surface area contributed by atoms with Gasteiger partial charge in [0.25, 0.3) is 0 Å². The highest BCUT2D eigenvalue weighted by Gasteiger charge is 2.22. The van der Waals surface area contributed by atoms with Crippen LogP contribution < -0.4 is 5.32 Å². The third kappa shape index (κ3) is 4.51. The molecule has 106 valence electrons. The molecule has 19 heavy (non-hydrogen) atoms. The molecular formula is C16H26N2O. The van der Waals surface area contributed by atoms with Crippen LogP contribution in [-0.4, -0.2) is 42.7 Å². The van der Waals surface area contributed by atoms with Crippen LogP contribution in [0.2, 0.25) is 0 Å². The van der Waals surface area contributed by atoms with E-state index in [-0.39, 0.29) is 0 Å². The molecule has 1 aromatic carbocycles. The fourth-order valence-electron chi connectivity index (χ4n) is 2.89. The van der Waals surface area contributed by atoms with Gasteiger partial charge < -0.3 is 15.3 Å². The molecule has 0 aliphatic carbocycles. The fourth-order valence-corrected chi connectivity index (χ4v) is 2.89. The van der Waals surface area contributed by atoms with Crippen molar-refractivity contribution in [3.05, 3.63) is 29.8 Å². The smallest absolute Gasteiger partial charge is 0.115 e. The van der Waals surface area contributed by atoms with E-state index in [1.807, 2.05) is 12.1 Å². The minimum atomic E-state index is 0.343. The second-order valence-corrected chi connectivity index (χ2v) is 5.82. The molecule has 0 saturated carbocycles. The molecule has 0 aromatic heterocycles. The topological polar surface area (TPSA) is 35.5 Å². The summed E-state index contributed by atoms with van der Waals surface area (Å²) in [6, 6.07) is 8.09. The van der Waals surface area contributed by atoms with Crippen LogP contribution in [-0.2, 0) is 6.42 Å². The Morgan fingerprint density at radius 2 is 2.11 bits per heavy atom. The normalized spacial score (nSPS) is 22.3. The van der Waals surface area contributed by atoms with Gasteiger partial charge in [-0.1, -0.05) is 12.1 Å². The van der Waals surface area contributed by atoms with Gasteiger partial charge in [0.2, 0.25) is 0 Å². The third-order valence-corrected chi connectivity index (χ3v) is 4.18. The van der Waals surface area contributed by atoms with E-state index >= 15 is 0 Å². The largest absolute Gasteiger partial charge is 0.508 e. The number of phenols is 1. The van der Waals surface area contributed by atoms with Crippen molar-refractivity contribution >= 4 is 0 Å². The highest BCUT2D eigenvalue weighted by atomic mass is 16.3. The van der Waals surface area contributed by atoms with Gasteiger partial charge in [-0.05, 0) is 69.9 Å². The number of phenolic OH excluding ortho intramolecular Hbond substituents is 1. The Bertz CT molecular complexity index is 377. The summed E-state index contributed by atoms with van der Waals surface area (Å²) < 4.78 is 0. The number of rotatable bonds is 5. The molecule has 0 amide bonds. The maximum absolute atomic E-state index is 9.25. The predicted octanol–water partition coefficient (Wildman–Crippen LogP) is 2.25. The van der Waals surface area contributed by atoms with Gasteiger partial charge in [-0.25, -0.2) is 0 Å². The fraction of sp³-hybridized carbons (Fsp3) is 0.625. The molecule has 1 heterocycles. The molecule has 1 aromatic rings. The molecule has 0 bridgehead atoms. The first-order valence-electron chi connectivity index (χ1n) is 7.35. The molecule has 1 fully saturated rings. The second-order valence-electron chi connectivity index (χ2n) is 5.82. The van der Waals surface area contributed by atoms with E-state index in [9.17, 15) is 5.11 Å². The van der Waals surface area contributed by atoms with E-state index < -0.39 is 0 Å². The number of likely N-dealkylation sites (tertiary alicyclic amines) is 1. The van der Waals surface area contributed by atoms with E-state index in [2.05, 4.69) is 24.2 Å². The van der Waals surface area contributed by atoms with Crippen molar-refractivity contribution < 1.29 is 5.11 Å². The van der Waals surface area contributed by atoms with Crippen LogP contribution in [0.3, 0.4) is 0 Å². The number of hydrogen-bond donors (Lipinski definition) is 2. The monoisotopic (exact) mass is 262 g/mol. The highest BCUT2D eigenvalue weighted by molar-refractivity contribution is 5.25. The first kappa shape index (κ1) is 14.4. The maximum atomic E-state index is 9.25. The Morgan fingerprint density at radius 1 is 1.37 bits per heavy atom. The number of nitrogens with one attached hydrogen (secondary N) is 1. The standard InChI is InChI=1S/C16H26N2O/c1-13(15-4-3-11-18(2)12-15)17-10-9-14-5-7-16(19)8-6-14/h5-8,13,15,17,19H,3-4,9-12H2,1-2H3. The van der Waals surface area contributed by atoms with Crippen molar-refractivity contribution in [3.8, 4) is 5.75 Å². The molecule has 3 heteroatoms. The Balaban J connectivity index is 1.71. The van der Waals surface area contributed by atoms with Gasteiger partial charge in [0, 0.05) is 12.6 Å².